The van der Waals surface area contributed by atoms with Crippen LogP contribution in [0.2, 0.25) is 0 Å². The van der Waals surface area contributed by atoms with E-state index >= 15 is 0 Å². The van der Waals surface area contributed by atoms with Gasteiger partial charge >= 0.3 is 0 Å². The molecule has 96 valence electrons. The maximum Gasteiger partial charge on any atom is 0.224 e. The first-order valence-corrected chi connectivity index (χ1v) is 7.77. The van der Waals surface area contributed by atoms with Crippen molar-refractivity contribution in [1.82, 2.24) is 5.32 Å². The van der Waals surface area contributed by atoms with E-state index in [9.17, 15) is 4.79 Å². The highest BCUT2D eigenvalue weighted by molar-refractivity contribution is 7.98. The van der Waals surface area contributed by atoms with Crippen molar-refractivity contribution in [3.05, 3.63) is 0 Å². The Kier molecular flexibility index (Phi) is 6.43. The second-order valence-corrected chi connectivity index (χ2v) is 5.78. The minimum atomic E-state index is -0.285. The molecule has 0 heterocycles. The second kappa shape index (κ2) is 7.60. The number of carbonyl (C=O) groups is 1. The Hall–Kier alpha value is -0.690. The molecule has 3 nitrogen and oxygen atoms in total. The third-order valence-corrected chi connectivity index (χ3v) is 4.26. The zero-order chi connectivity index (χ0) is 12.7. The molecule has 0 bridgehead atoms. The van der Waals surface area contributed by atoms with Crippen LogP contribution in [-0.2, 0) is 4.79 Å². The van der Waals surface area contributed by atoms with Crippen LogP contribution in [0, 0.1) is 23.2 Å². The first-order valence-electron chi connectivity index (χ1n) is 6.38. The van der Waals surface area contributed by atoms with Gasteiger partial charge in [-0.05, 0) is 25.0 Å². The van der Waals surface area contributed by atoms with E-state index in [2.05, 4.69) is 11.4 Å². The largest absolute Gasteiger partial charge is 0.340 e. The van der Waals surface area contributed by atoms with Crippen LogP contribution in [0.25, 0.3) is 0 Å². The predicted molar refractivity (Wildman–Crippen MR) is 71.7 cm³/mol. The highest BCUT2D eigenvalue weighted by Crippen LogP contribution is 2.26. The van der Waals surface area contributed by atoms with Gasteiger partial charge in [-0.2, -0.15) is 17.0 Å². The number of amides is 1. The van der Waals surface area contributed by atoms with Crippen molar-refractivity contribution in [2.24, 2.45) is 11.8 Å². The molecular weight excluding hydrogens is 232 g/mol. The Morgan fingerprint density at radius 1 is 1.47 bits per heavy atom. The number of nitrogens with one attached hydrogen (secondary N) is 1. The molecule has 4 heteroatoms. The van der Waals surface area contributed by atoms with Gasteiger partial charge < -0.3 is 5.32 Å². The monoisotopic (exact) mass is 254 g/mol. The Labute approximate surface area is 108 Å². The number of hydrogen-bond donors (Lipinski definition) is 1. The van der Waals surface area contributed by atoms with Crippen molar-refractivity contribution in [3.8, 4) is 6.07 Å². The van der Waals surface area contributed by atoms with Gasteiger partial charge in [0, 0.05) is 11.7 Å². The van der Waals surface area contributed by atoms with Gasteiger partial charge in [-0.15, -0.1) is 0 Å². The van der Waals surface area contributed by atoms with Crippen LogP contribution in [0.3, 0.4) is 0 Å². The van der Waals surface area contributed by atoms with Crippen LogP contribution < -0.4 is 5.32 Å². The van der Waals surface area contributed by atoms with Crippen molar-refractivity contribution in [1.29, 1.82) is 5.26 Å². The Bertz CT molecular complexity index is 282. The molecule has 1 amide bonds. The number of nitriles is 1. The first-order chi connectivity index (χ1) is 8.19. The van der Waals surface area contributed by atoms with Crippen molar-refractivity contribution >= 4 is 17.7 Å². The summed E-state index contributed by atoms with van der Waals surface area (Å²) in [4.78, 5) is 11.9. The number of hydrogen-bond acceptors (Lipinski definition) is 3. The molecule has 0 aromatic carbocycles. The van der Waals surface area contributed by atoms with Gasteiger partial charge in [0.15, 0.2) is 0 Å². The summed E-state index contributed by atoms with van der Waals surface area (Å²) in [6.07, 6.45) is 7.81. The van der Waals surface area contributed by atoms with Gasteiger partial charge in [0.2, 0.25) is 5.91 Å². The average Bonchev–Trinajstić information content (AvgIpc) is 2.37. The first kappa shape index (κ1) is 14.4. The Morgan fingerprint density at radius 3 is 2.65 bits per heavy atom. The van der Waals surface area contributed by atoms with E-state index in [1.807, 2.05) is 13.2 Å². The van der Waals surface area contributed by atoms with Gasteiger partial charge in [-0.25, -0.2) is 0 Å². The summed E-state index contributed by atoms with van der Waals surface area (Å²) >= 11 is 1.66. The Morgan fingerprint density at radius 2 is 2.12 bits per heavy atom. The van der Waals surface area contributed by atoms with Crippen LogP contribution in [0.1, 0.15) is 39.0 Å². The van der Waals surface area contributed by atoms with E-state index in [1.54, 1.807) is 11.8 Å². The lowest BCUT2D eigenvalue weighted by Gasteiger charge is -2.27. The standard InChI is InChI=1S/C13H22N2OS/c1-10(9-17-2)13(16)15-12(8-14)11-6-4-3-5-7-11/h10-12H,3-7,9H2,1-2H3,(H,15,16)/t10-,12+/m0/s1. The molecule has 0 radical (unpaired) electrons. The van der Waals surface area contributed by atoms with Gasteiger partial charge in [0.1, 0.15) is 6.04 Å². The number of nitrogens with zero attached hydrogens (tertiary/aromatic N) is 1. The summed E-state index contributed by atoms with van der Waals surface area (Å²) in [6.45, 7) is 1.92. The summed E-state index contributed by atoms with van der Waals surface area (Å²) < 4.78 is 0. The maximum absolute atomic E-state index is 11.9. The summed E-state index contributed by atoms with van der Waals surface area (Å²) in [5, 5.41) is 12.1. The molecule has 1 fully saturated rings. The summed E-state index contributed by atoms with van der Waals surface area (Å²) in [5.41, 5.74) is 0. The van der Waals surface area contributed by atoms with Crippen molar-refractivity contribution in [2.45, 2.75) is 45.1 Å². The normalized spacial score (nSPS) is 20.3. The van der Waals surface area contributed by atoms with Crippen LogP contribution in [0.5, 0.6) is 0 Å². The SMILES string of the molecule is CSC[C@H](C)C(=O)N[C@H](C#N)C1CCCCC1. The summed E-state index contributed by atoms with van der Waals surface area (Å²) in [6, 6.07) is 1.98. The second-order valence-electron chi connectivity index (χ2n) is 4.87. The molecule has 0 aromatic heterocycles. The molecule has 1 aliphatic carbocycles. The third kappa shape index (κ3) is 4.59. The zero-order valence-electron chi connectivity index (χ0n) is 10.7. The molecule has 2 atom stereocenters. The summed E-state index contributed by atoms with van der Waals surface area (Å²) in [5.74, 6) is 1.19. The third-order valence-electron chi connectivity index (χ3n) is 3.42. The smallest absolute Gasteiger partial charge is 0.224 e. The molecule has 0 spiro atoms. The van der Waals surface area contributed by atoms with Crippen LogP contribution in [0.15, 0.2) is 0 Å². The lowest BCUT2D eigenvalue weighted by atomic mass is 9.84. The lowest BCUT2D eigenvalue weighted by molar-refractivity contribution is -0.124. The summed E-state index contributed by atoms with van der Waals surface area (Å²) in [7, 11) is 0. The minimum Gasteiger partial charge on any atom is -0.340 e. The van der Waals surface area contributed by atoms with Crippen LogP contribution in [-0.4, -0.2) is 24.0 Å². The Balaban J connectivity index is 2.45. The molecule has 1 saturated carbocycles. The van der Waals surface area contributed by atoms with E-state index in [-0.39, 0.29) is 17.9 Å². The van der Waals surface area contributed by atoms with Crippen molar-refractivity contribution < 1.29 is 4.79 Å². The fourth-order valence-electron chi connectivity index (χ4n) is 2.34. The molecule has 1 N–H and O–H groups in total. The topological polar surface area (TPSA) is 52.9 Å². The fourth-order valence-corrected chi connectivity index (χ4v) is 3.00. The average molecular weight is 254 g/mol. The maximum atomic E-state index is 11.9. The van der Waals surface area contributed by atoms with Crippen molar-refractivity contribution in [2.75, 3.05) is 12.0 Å². The van der Waals surface area contributed by atoms with E-state index < -0.39 is 0 Å². The molecule has 17 heavy (non-hydrogen) atoms. The molecule has 0 aliphatic heterocycles. The molecular formula is C13H22N2OS. The molecule has 0 saturated heterocycles. The van der Waals surface area contributed by atoms with Gasteiger partial charge in [-0.3, -0.25) is 4.79 Å². The van der Waals surface area contributed by atoms with E-state index in [0.29, 0.717) is 5.92 Å². The molecule has 0 unspecified atom stereocenters. The predicted octanol–water partition coefficient (Wildman–Crippen LogP) is 2.57. The lowest BCUT2D eigenvalue weighted by Crippen LogP contribution is -2.42. The minimum absolute atomic E-state index is 0.00978. The molecule has 1 aliphatic rings. The highest BCUT2D eigenvalue weighted by Gasteiger charge is 2.26. The van der Waals surface area contributed by atoms with Crippen LogP contribution >= 0.6 is 11.8 Å². The number of thioether (sulfide) groups is 1. The van der Waals surface area contributed by atoms with E-state index in [0.717, 1.165) is 18.6 Å². The van der Waals surface area contributed by atoms with Crippen LogP contribution in [0.4, 0.5) is 0 Å². The van der Waals surface area contributed by atoms with Crippen molar-refractivity contribution in [3.63, 3.8) is 0 Å². The van der Waals surface area contributed by atoms with E-state index in [1.165, 1.54) is 19.3 Å². The number of rotatable bonds is 5. The molecule has 1 rings (SSSR count). The van der Waals surface area contributed by atoms with E-state index in [4.69, 9.17) is 5.26 Å². The number of carbonyl (C=O) groups excluding carboxylic acids is 1. The quantitative estimate of drug-likeness (QED) is 0.820. The highest BCUT2D eigenvalue weighted by atomic mass is 32.2. The van der Waals surface area contributed by atoms with Gasteiger partial charge in [-0.1, -0.05) is 26.2 Å². The van der Waals surface area contributed by atoms with Gasteiger partial charge in [0.05, 0.1) is 6.07 Å². The fraction of sp³-hybridized carbons (Fsp3) is 0.846. The molecule has 0 aromatic rings. The van der Waals surface area contributed by atoms with Gasteiger partial charge in [0.25, 0.3) is 0 Å². The zero-order valence-corrected chi connectivity index (χ0v) is 11.6.